The van der Waals surface area contributed by atoms with Gasteiger partial charge in [0.15, 0.2) is 0 Å². The maximum Gasteiger partial charge on any atom is 0.241 e. The molecule has 26 heavy (non-hydrogen) atoms. The highest BCUT2D eigenvalue weighted by Crippen LogP contribution is 2.24. The lowest BCUT2D eigenvalue weighted by atomic mass is 9.92. The average Bonchev–Trinajstić information content (AvgIpc) is 2.65. The molecule has 6 heteroatoms. The lowest BCUT2D eigenvalue weighted by Crippen LogP contribution is -2.24. The third kappa shape index (κ3) is 4.79. The van der Waals surface area contributed by atoms with E-state index in [1.54, 1.807) is 24.3 Å². The number of aryl methyl sites for hydroxylation is 2. The summed E-state index contributed by atoms with van der Waals surface area (Å²) >= 11 is 5.98. The minimum Gasteiger partial charge on any atom is -0.479 e. The van der Waals surface area contributed by atoms with Crippen LogP contribution >= 0.6 is 11.6 Å². The van der Waals surface area contributed by atoms with Gasteiger partial charge in [-0.1, -0.05) is 41.6 Å². The molecule has 1 aliphatic carbocycles. The third-order valence-corrected chi connectivity index (χ3v) is 5.95. The minimum atomic E-state index is -3.55. The second-order valence-electron chi connectivity index (χ2n) is 6.03. The molecule has 136 valence electrons. The van der Waals surface area contributed by atoms with Crippen LogP contribution in [0.4, 0.5) is 0 Å². The van der Waals surface area contributed by atoms with Crippen LogP contribution in [0, 0.1) is 11.8 Å². The first-order chi connectivity index (χ1) is 12.6. The van der Waals surface area contributed by atoms with Gasteiger partial charge in [0.25, 0.3) is 0 Å². The summed E-state index contributed by atoms with van der Waals surface area (Å²) in [7, 11) is -3.55. The molecule has 0 atom stereocenters. The molecule has 0 saturated heterocycles. The zero-order valence-corrected chi connectivity index (χ0v) is 15.9. The van der Waals surface area contributed by atoms with Gasteiger partial charge in [0.05, 0.1) is 16.5 Å². The Morgan fingerprint density at radius 1 is 1.04 bits per heavy atom. The molecule has 1 aliphatic rings. The predicted molar refractivity (Wildman–Crippen MR) is 103 cm³/mol. The van der Waals surface area contributed by atoms with Gasteiger partial charge >= 0.3 is 0 Å². The summed E-state index contributed by atoms with van der Waals surface area (Å²) in [6, 6.07) is 12.5. The normalized spacial score (nSPS) is 13.4. The Balaban J connectivity index is 1.54. The van der Waals surface area contributed by atoms with E-state index in [1.807, 2.05) is 18.2 Å². The second kappa shape index (κ2) is 8.59. The lowest BCUT2D eigenvalue weighted by Gasteiger charge is -2.16. The molecule has 0 radical (unpaired) electrons. The van der Waals surface area contributed by atoms with E-state index in [0.717, 1.165) is 24.8 Å². The fourth-order valence-corrected chi connectivity index (χ4v) is 4.04. The summed E-state index contributed by atoms with van der Waals surface area (Å²) in [5, 5.41) is 0.516. The maximum absolute atomic E-state index is 12.4. The number of para-hydroxylation sites is 1. The quantitative estimate of drug-likeness (QED) is 0.795. The standard InChI is InChI=1S/C20H20ClNO3S/c21-19-9-3-4-10-20(19)25-14-6-5-13-22-26(23,24)18-12-11-16-7-1-2-8-17(16)15-18/h3-4,9-12,15,22H,1-2,7-8,13-14H2. The fraction of sp³-hybridized carbons (Fsp3) is 0.300. The molecule has 0 heterocycles. The van der Waals surface area contributed by atoms with Gasteiger partial charge in [0.2, 0.25) is 10.0 Å². The number of sulfonamides is 1. The van der Waals surface area contributed by atoms with Gasteiger partial charge in [-0.2, -0.15) is 4.72 Å². The third-order valence-electron chi connectivity index (χ3n) is 4.24. The average molecular weight is 390 g/mol. The van der Waals surface area contributed by atoms with Crippen molar-refractivity contribution in [2.75, 3.05) is 13.2 Å². The number of rotatable bonds is 5. The second-order valence-corrected chi connectivity index (χ2v) is 8.21. The molecule has 0 fully saturated rings. The first-order valence-corrected chi connectivity index (χ1v) is 10.4. The van der Waals surface area contributed by atoms with Crippen molar-refractivity contribution in [3.63, 3.8) is 0 Å². The van der Waals surface area contributed by atoms with Crippen LogP contribution in [0.25, 0.3) is 0 Å². The van der Waals surface area contributed by atoms with Crippen LogP contribution < -0.4 is 9.46 Å². The van der Waals surface area contributed by atoms with Crippen molar-refractivity contribution >= 4 is 21.6 Å². The molecular formula is C20H20ClNO3S. The monoisotopic (exact) mass is 389 g/mol. The fourth-order valence-electron chi connectivity index (χ4n) is 2.88. The van der Waals surface area contributed by atoms with Gasteiger partial charge in [0, 0.05) is 0 Å². The van der Waals surface area contributed by atoms with Crippen molar-refractivity contribution in [2.24, 2.45) is 0 Å². The highest BCUT2D eigenvalue weighted by Gasteiger charge is 2.16. The summed E-state index contributed by atoms with van der Waals surface area (Å²) in [6.45, 7) is 0.176. The van der Waals surface area contributed by atoms with Crippen molar-refractivity contribution in [1.29, 1.82) is 0 Å². The minimum absolute atomic E-state index is 0.0330. The summed E-state index contributed by atoms with van der Waals surface area (Å²) in [4.78, 5) is 0.298. The van der Waals surface area contributed by atoms with Crippen LogP contribution in [0.15, 0.2) is 47.4 Å². The summed E-state index contributed by atoms with van der Waals surface area (Å²) in [5.41, 5.74) is 2.39. The first kappa shape index (κ1) is 18.8. The molecule has 0 saturated carbocycles. The molecule has 0 unspecified atom stereocenters. The predicted octanol–water partition coefficient (Wildman–Crippen LogP) is 3.58. The number of nitrogens with one attached hydrogen (secondary N) is 1. The van der Waals surface area contributed by atoms with Crippen LogP contribution in [0.1, 0.15) is 24.0 Å². The molecule has 0 spiro atoms. The Bertz CT molecular complexity index is 945. The summed E-state index contributed by atoms with van der Waals surface area (Å²) < 4.78 is 32.7. The van der Waals surface area contributed by atoms with Crippen LogP contribution in [0.3, 0.4) is 0 Å². The number of benzene rings is 2. The van der Waals surface area contributed by atoms with Crippen LogP contribution in [-0.2, 0) is 22.9 Å². The van der Waals surface area contributed by atoms with E-state index in [2.05, 4.69) is 16.6 Å². The van der Waals surface area contributed by atoms with E-state index in [0.29, 0.717) is 15.7 Å². The Hall–Kier alpha value is -2.00. The van der Waals surface area contributed by atoms with Gasteiger partial charge in [-0.3, -0.25) is 0 Å². The number of ether oxygens (including phenoxy) is 1. The molecule has 0 amide bonds. The van der Waals surface area contributed by atoms with E-state index in [1.165, 1.54) is 12.0 Å². The maximum atomic E-state index is 12.4. The van der Waals surface area contributed by atoms with Crippen LogP contribution in [0.2, 0.25) is 5.02 Å². The van der Waals surface area contributed by atoms with Crippen molar-refractivity contribution in [2.45, 2.75) is 30.6 Å². The SMILES string of the molecule is O=S(=O)(NCC#CCOc1ccccc1Cl)c1ccc2c(c1)CCCC2. The number of hydrogen-bond donors (Lipinski definition) is 1. The number of halogens is 1. The molecule has 4 nitrogen and oxygen atoms in total. The van der Waals surface area contributed by atoms with E-state index >= 15 is 0 Å². The Kier molecular flexibility index (Phi) is 6.20. The van der Waals surface area contributed by atoms with E-state index < -0.39 is 10.0 Å². The lowest BCUT2D eigenvalue weighted by molar-refractivity contribution is 0.370. The van der Waals surface area contributed by atoms with E-state index in [9.17, 15) is 8.42 Å². The van der Waals surface area contributed by atoms with Crippen LogP contribution in [0.5, 0.6) is 5.75 Å². The Morgan fingerprint density at radius 3 is 2.62 bits per heavy atom. The van der Waals surface area contributed by atoms with Gasteiger partial charge in [-0.05, 0) is 61.1 Å². The molecule has 0 aliphatic heterocycles. The molecule has 2 aromatic rings. The van der Waals surface area contributed by atoms with Gasteiger partial charge in [-0.15, -0.1) is 0 Å². The summed E-state index contributed by atoms with van der Waals surface area (Å²) in [5.74, 6) is 6.09. The number of fused-ring (bicyclic) bond motifs is 1. The molecular weight excluding hydrogens is 370 g/mol. The molecule has 0 bridgehead atoms. The molecule has 1 N–H and O–H groups in total. The van der Waals surface area contributed by atoms with Crippen molar-refractivity contribution in [3.05, 3.63) is 58.6 Å². The highest BCUT2D eigenvalue weighted by atomic mass is 35.5. The Labute approximate surface area is 159 Å². The number of hydrogen-bond acceptors (Lipinski definition) is 3. The summed E-state index contributed by atoms with van der Waals surface area (Å²) in [6.07, 6.45) is 4.25. The zero-order chi connectivity index (χ0) is 18.4. The zero-order valence-electron chi connectivity index (χ0n) is 14.3. The highest BCUT2D eigenvalue weighted by molar-refractivity contribution is 7.89. The van der Waals surface area contributed by atoms with Crippen molar-refractivity contribution in [3.8, 4) is 17.6 Å². The van der Waals surface area contributed by atoms with Crippen molar-refractivity contribution in [1.82, 2.24) is 4.72 Å². The van der Waals surface area contributed by atoms with Gasteiger partial charge in [0.1, 0.15) is 12.4 Å². The first-order valence-electron chi connectivity index (χ1n) is 8.51. The largest absolute Gasteiger partial charge is 0.479 e. The smallest absolute Gasteiger partial charge is 0.241 e. The van der Waals surface area contributed by atoms with Crippen LogP contribution in [-0.4, -0.2) is 21.6 Å². The van der Waals surface area contributed by atoms with Crippen molar-refractivity contribution < 1.29 is 13.2 Å². The van der Waals surface area contributed by atoms with Gasteiger partial charge in [-0.25, -0.2) is 8.42 Å². The Morgan fingerprint density at radius 2 is 1.81 bits per heavy atom. The molecule has 3 rings (SSSR count). The molecule has 0 aromatic heterocycles. The van der Waals surface area contributed by atoms with Gasteiger partial charge < -0.3 is 4.74 Å². The molecule has 2 aromatic carbocycles. The topological polar surface area (TPSA) is 55.4 Å². The van der Waals surface area contributed by atoms with E-state index in [4.69, 9.17) is 16.3 Å². The van der Waals surface area contributed by atoms with E-state index in [-0.39, 0.29) is 13.2 Å².